The number of ether oxygens (including phenoxy) is 1. The van der Waals surface area contributed by atoms with Crippen LogP contribution in [0.2, 0.25) is 0 Å². The summed E-state index contributed by atoms with van der Waals surface area (Å²) >= 11 is 0. The van der Waals surface area contributed by atoms with Gasteiger partial charge in [0.25, 0.3) is 5.91 Å². The van der Waals surface area contributed by atoms with Gasteiger partial charge in [0.15, 0.2) is 6.10 Å². The Labute approximate surface area is 140 Å². The van der Waals surface area contributed by atoms with Gasteiger partial charge < -0.3 is 10.1 Å². The monoisotopic (exact) mass is 329 g/mol. The number of carbonyl (C=O) groups is 2. The van der Waals surface area contributed by atoms with Crippen molar-refractivity contribution in [1.29, 1.82) is 0 Å². The molecule has 0 aliphatic rings. The third-order valence-electron chi connectivity index (χ3n) is 3.66. The molecule has 24 heavy (non-hydrogen) atoms. The molecule has 0 aliphatic heterocycles. The second-order valence-electron chi connectivity index (χ2n) is 5.82. The van der Waals surface area contributed by atoms with Gasteiger partial charge in [0.2, 0.25) is 0 Å². The molecule has 0 aromatic heterocycles. The highest BCUT2D eigenvalue weighted by molar-refractivity contribution is 5.98. The summed E-state index contributed by atoms with van der Waals surface area (Å²) in [4.78, 5) is 24.3. The number of carbonyl (C=O) groups excluding carboxylic acids is 2. The van der Waals surface area contributed by atoms with Gasteiger partial charge in [-0.05, 0) is 63.1 Å². The minimum Gasteiger partial charge on any atom is -0.449 e. The summed E-state index contributed by atoms with van der Waals surface area (Å²) < 4.78 is 18.0. The number of rotatable bonds is 4. The van der Waals surface area contributed by atoms with E-state index in [0.717, 1.165) is 22.4 Å². The van der Waals surface area contributed by atoms with Gasteiger partial charge in [-0.2, -0.15) is 0 Å². The molecule has 0 radical (unpaired) electrons. The second-order valence-corrected chi connectivity index (χ2v) is 5.82. The number of halogens is 1. The van der Waals surface area contributed by atoms with E-state index < -0.39 is 23.8 Å². The fourth-order valence-electron chi connectivity index (χ4n) is 2.47. The zero-order valence-corrected chi connectivity index (χ0v) is 14.1. The van der Waals surface area contributed by atoms with E-state index in [1.807, 2.05) is 32.9 Å². The Kier molecular flexibility index (Phi) is 5.34. The number of anilines is 1. The molecule has 5 heteroatoms. The zero-order valence-electron chi connectivity index (χ0n) is 14.1. The molecule has 2 aromatic carbocycles. The molecule has 0 saturated heterocycles. The molecule has 2 aromatic rings. The van der Waals surface area contributed by atoms with Crippen molar-refractivity contribution in [3.05, 3.63) is 64.5 Å². The summed E-state index contributed by atoms with van der Waals surface area (Å²) in [6.07, 6.45) is -0.970. The Morgan fingerprint density at radius 3 is 2.12 bits per heavy atom. The topological polar surface area (TPSA) is 55.4 Å². The van der Waals surface area contributed by atoms with Crippen LogP contribution in [0.1, 0.15) is 34.0 Å². The minimum absolute atomic E-state index is 0.193. The van der Waals surface area contributed by atoms with Gasteiger partial charge in [-0.25, -0.2) is 9.18 Å². The third kappa shape index (κ3) is 4.19. The summed E-state index contributed by atoms with van der Waals surface area (Å²) in [6, 6.07) is 8.91. The van der Waals surface area contributed by atoms with Crippen molar-refractivity contribution in [3.8, 4) is 0 Å². The van der Waals surface area contributed by atoms with Crippen molar-refractivity contribution < 1.29 is 18.7 Å². The molecule has 0 bridgehead atoms. The minimum atomic E-state index is -0.970. The number of nitrogens with one attached hydrogen (secondary N) is 1. The maximum Gasteiger partial charge on any atom is 0.338 e. The zero-order chi connectivity index (χ0) is 17.9. The standard InChI is InChI=1S/C19H20FNO3/c1-11-9-12(2)17(13(3)10-11)21-18(22)14(4)24-19(23)15-5-7-16(20)8-6-15/h5-10,14H,1-4H3,(H,21,22)/t14-/m0/s1. The van der Waals surface area contributed by atoms with Crippen LogP contribution in [-0.2, 0) is 9.53 Å². The van der Waals surface area contributed by atoms with Crippen LogP contribution in [0.5, 0.6) is 0 Å². The lowest BCUT2D eigenvalue weighted by molar-refractivity contribution is -0.123. The summed E-state index contributed by atoms with van der Waals surface area (Å²) in [6.45, 7) is 7.30. The largest absolute Gasteiger partial charge is 0.449 e. The van der Waals surface area contributed by atoms with Crippen LogP contribution in [0.15, 0.2) is 36.4 Å². The molecule has 2 rings (SSSR count). The van der Waals surface area contributed by atoms with Crippen LogP contribution in [0.25, 0.3) is 0 Å². The predicted molar refractivity (Wildman–Crippen MR) is 90.6 cm³/mol. The van der Waals surface area contributed by atoms with Crippen molar-refractivity contribution in [2.45, 2.75) is 33.8 Å². The molecule has 0 spiro atoms. The normalized spacial score (nSPS) is 11.7. The van der Waals surface area contributed by atoms with Gasteiger partial charge in [-0.3, -0.25) is 4.79 Å². The van der Waals surface area contributed by atoms with Crippen LogP contribution < -0.4 is 5.32 Å². The maximum absolute atomic E-state index is 12.9. The van der Waals surface area contributed by atoms with E-state index in [4.69, 9.17) is 4.74 Å². The van der Waals surface area contributed by atoms with E-state index in [-0.39, 0.29) is 5.56 Å². The van der Waals surface area contributed by atoms with E-state index in [0.29, 0.717) is 0 Å². The van der Waals surface area contributed by atoms with Crippen LogP contribution in [-0.4, -0.2) is 18.0 Å². The van der Waals surface area contributed by atoms with Gasteiger partial charge in [-0.15, -0.1) is 0 Å². The molecule has 1 amide bonds. The average molecular weight is 329 g/mol. The second kappa shape index (κ2) is 7.25. The molecule has 1 atom stereocenters. The van der Waals surface area contributed by atoms with Crippen molar-refractivity contribution in [2.24, 2.45) is 0 Å². The van der Waals surface area contributed by atoms with Gasteiger partial charge in [0, 0.05) is 5.69 Å². The molecular weight excluding hydrogens is 309 g/mol. The number of hydrogen-bond acceptors (Lipinski definition) is 3. The molecule has 0 saturated carbocycles. The Hall–Kier alpha value is -2.69. The molecule has 4 nitrogen and oxygen atoms in total. The SMILES string of the molecule is Cc1cc(C)c(NC(=O)[C@H](C)OC(=O)c2ccc(F)cc2)c(C)c1. The summed E-state index contributed by atoms with van der Waals surface area (Å²) in [5.74, 6) is -1.53. The van der Waals surface area contributed by atoms with Gasteiger partial charge in [0.1, 0.15) is 5.82 Å². The van der Waals surface area contributed by atoms with Crippen LogP contribution >= 0.6 is 0 Å². The van der Waals surface area contributed by atoms with E-state index in [1.165, 1.54) is 31.2 Å². The van der Waals surface area contributed by atoms with Crippen molar-refractivity contribution >= 4 is 17.6 Å². The number of hydrogen-bond donors (Lipinski definition) is 1. The Balaban J connectivity index is 2.05. The first-order chi connectivity index (χ1) is 11.3. The van der Waals surface area contributed by atoms with Gasteiger partial charge in [-0.1, -0.05) is 17.7 Å². The van der Waals surface area contributed by atoms with Crippen molar-refractivity contribution in [3.63, 3.8) is 0 Å². The fourth-order valence-corrected chi connectivity index (χ4v) is 2.47. The summed E-state index contributed by atoms with van der Waals surface area (Å²) in [5.41, 5.74) is 3.91. The Morgan fingerprint density at radius 2 is 1.58 bits per heavy atom. The lowest BCUT2D eigenvalue weighted by Crippen LogP contribution is -2.30. The maximum atomic E-state index is 12.9. The van der Waals surface area contributed by atoms with Gasteiger partial charge >= 0.3 is 5.97 Å². The first-order valence-corrected chi connectivity index (χ1v) is 7.63. The van der Waals surface area contributed by atoms with E-state index in [9.17, 15) is 14.0 Å². The lowest BCUT2D eigenvalue weighted by Gasteiger charge is -2.17. The van der Waals surface area contributed by atoms with Crippen molar-refractivity contribution in [2.75, 3.05) is 5.32 Å². The highest BCUT2D eigenvalue weighted by Crippen LogP contribution is 2.22. The number of esters is 1. The molecule has 1 N–H and O–H groups in total. The number of amides is 1. The molecule has 0 heterocycles. The third-order valence-corrected chi connectivity index (χ3v) is 3.66. The molecule has 0 fully saturated rings. The highest BCUT2D eigenvalue weighted by Gasteiger charge is 2.20. The molecule has 0 aliphatic carbocycles. The van der Waals surface area contributed by atoms with Crippen LogP contribution in [0.3, 0.4) is 0 Å². The van der Waals surface area contributed by atoms with E-state index >= 15 is 0 Å². The van der Waals surface area contributed by atoms with Crippen LogP contribution in [0.4, 0.5) is 10.1 Å². The summed E-state index contributed by atoms with van der Waals surface area (Å²) in [5, 5.41) is 2.80. The lowest BCUT2D eigenvalue weighted by atomic mass is 10.0. The Morgan fingerprint density at radius 1 is 1.04 bits per heavy atom. The molecular formula is C19H20FNO3. The number of benzene rings is 2. The molecule has 126 valence electrons. The predicted octanol–water partition coefficient (Wildman–Crippen LogP) is 3.93. The quantitative estimate of drug-likeness (QED) is 0.865. The van der Waals surface area contributed by atoms with Gasteiger partial charge in [0.05, 0.1) is 5.56 Å². The van der Waals surface area contributed by atoms with E-state index in [1.54, 1.807) is 0 Å². The highest BCUT2D eigenvalue weighted by atomic mass is 19.1. The summed E-state index contributed by atoms with van der Waals surface area (Å²) in [7, 11) is 0. The number of aryl methyl sites for hydroxylation is 3. The smallest absolute Gasteiger partial charge is 0.338 e. The van der Waals surface area contributed by atoms with E-state index in [2.05, 4.69) is 5.32 Å². The first-order valence-electron chi connectivity index (χ1n) is 7.63. The van der Waals surface area contributed by atoms with Crippen molar-refractivity contribution in [1.82, 2.24) is 0 Å². The molecule has 0 unspecified atom stereocenters. The average Bonchev–Trinajstić information content (AvgIpc) is 2.51. The van der Waals surface area contributed by atoms with Crippen LogP contribution in [0, 0.1) is 26.6 Å². The first kappa shape index (κ1) is 17.7. The Bertz CT molecular complexity index is 746. The fraction of sp³-hybridized carbons (Fsp3) is 0.263.